The van der Waals surface area contributed by atoms with Gasteiger partial charge in [-0.2, -0.15) is 0 Å². The molecule has 0 aliphatic rings. The summed E-state index contributed by atoms with van der Waals surface area (Å²) >= 11 is 11.7. The van der Waals surface area contributed by atoms with E-state index in [9.17, 15) is 4.79 Å². The molecule has 0 atom stereocenters. The third-order valence-electron chi connectivity index (χ3n) is 2.05. The van der Waals surface area contributed by atoms with Crippen LogP contribution in [-0.2, 0) is 0 Å². The number of hydrogen-bond donors (Lipinski definition) is 2. The van der Waals surface area contributed by atoms with Crippen LogP contribution in [0.1, 0.15) is 5.69 Å². The van der Waals surface area contributed by atoms with Crippen molar-refractivity contribution in [2.45, 2.75) is 6.92 Å². The first kappa shape index (κ1) is 12.0. The van der Waals surface area contributed by atoms with Crippen molar-refractivity contribution in [2.75, 3.05) is 5.32 Å². The molecule has 0 spiro atoms. The average Bonchev–Trinajstić information content (AvgIpc) is 2.22. The number of benzene rings is 1. The smallest absolute Gasteiger partial charge is 0.252 e. The van der Waals surface area contributed by atoms with Crippen molar-refractivity contribution in [3.05, 3.63) is 50.4 Å². The van der Waals surface area contributed by atoms with E-state index in [1.165, 1.54) is 6.07 Å². The summed E-state index contributed by atoms with van der Waals surface area (Å²) in [5.41, 5.74) is 1.13. The predicted octanol–water partition coefficient (Wildman–Crippen LogP) is 3.13. The molecule has 0 radical (unpaired) electrons. The van der Waals surface area contributed by atoms with Crippen molar-refractivity contribution in [1.82, 2.24) is 9.97 Å². The van der Waals surface area contributed by atoms with E-state index in [0.717, 1.165) is 0 Å². The lowest BCUT2D eigenvalue weighted by atomic mass is 10.3. The molecule has 88 valence electrons. The molecule has 0 fully saturated rings. The van der Waals surface area contributed by atoms with Gasteiger partial charge < -0.3 is 5.32 Å². The van der Waals surface area contributed by atoms with Crippen LogP contribution in [0.3, 0.4) is 0 Å². The minimum Gasteiger partial charge on any atom is -0.326 e. The lowest BCUT2D eigenvalue weighted by molar-refractivity contribution is 1.07. The van der Waals surface area contributed by atoms with Crippen LogP contribution in [-0.4, -0.2) is 9.97 Å². The van der Waals surface area contributed by atoms with Crippen LogP contribution in [0.2, 0.25) is 10.0 Å². The molecule has 0 bridgehead atoms. The van der Waals surface area contributed by atoms with Crippen molar-refractivity contribution in [3.8, 4) is 0 Å². The standard InChI is InChI=1S/C11H9Cl2N3O/c1-6-4-10(17)16-11(14-6)15-7-2-3-8(12)9(13)5-7/h2-5H,1H3,(H2,14,15,16,17). The number of aromatic amines is 1. The number of aromatic nitrogens is 2. The predicted molar refractivity (Wildman–Crippen MR) is 69.3 cm³/mol. The fourth-order valence-electron chi connectivity index (χ4n) is 1.35. The summed E-state index contributed by atoms with van der Waals surface area (Å²) in [6.07, 6.45) is 0. The monoisotopic (exact) mass is 269 g/mol. The third kappa shape index (κ3) is 2.99. The second kappa shape index (κ2) is 4.77. The molecule has 1 aromatic carbocycles. The Morgan fingerprint density at radius 3 is 2.65 bits per heavy atom. The minimum atomic E-state index is -0.208. The van der Waals surface area contributed by atoms with E-state index in [1.54, 1.807) is 25.1 Å². The van der Waals surface area contributed by atoms with Gasteiger partial charge in [-0.05, 0) is 25.1 Å². The summed E-state index contributed by atoms with van der Waals surface area (Å²) < 4.78 is 0. The molecule has 17 heavy (non-hydrogen) atoms. The highest BCUT2D eigenvalue weighted by Gasteiger charge is 2.02. The van der Waals surface area contributed by atoms with E-state index in [-0.39, 0.29) is 5.56 Å². The van der Waals surface area contributed by atoms with Gasteiger partial charge in [-0.25, -0.2) is 4.98 Å². The Morgan fingerprint density at radius 2 is 2.00 bits per heavy atom. The topological polar surface area (TPSA) is 57.8 Å². The van der Waals surface area contributed by atoms with Gasteiger partial charge in [0.25, 0.3) is 5.56 Å². The van der Waals surface area contributed by atoms with E-state index in [0.29, 0.717) is 27.4 Å². The maximum Gasteiger partial charge on any atom is 0.252 e. The molecule has 0 saturated heterocycles. The lowest BCUT2D eigenvalue weighted by Gasteiger charge is -2.06. The van der Waals surface area contributed by atoms with Crippen LogP contribution in [0.5, 0.6) is 0 Å². The Bertz CT molecular complexity index is 610. The number of nitrogens with one attached hydrogen (secondary N) is 2. The molecule has 0 aliphatic heterocycles. The van der Waals surface area contributed by atoms with Crippen molar-refractivity contribution < 1.29 is 0 Å². The van der Waals surface area contributed by atoms with E-state index in [1.807, 2.05) is 0 Å². The van der Waals surface area contributed by atoms with Gasteiger partial charge in [0.15, 0.2) is 0 Å². The Labute approximate surface area is 108 Å². The zero-order valence-corrected chi connectivity index (χ0v) is 10.4. The van der Waals surface area contributed by atoms with E-state index in [2.05, 4.69) is 15.3 Å². The van der Waals surface area contributed by atoms with Crippen molar-refractivity contribution in [2.24, 2.45) is 0 Å². The molecule has 2 aromatic rings. The van der Waals surface area contributed by atoms with Crippen LogP contribution in [0.25, 0.3) is 0 Å². The molecule has 4 nitrogen and oxygen atoms in total. The van der Waals surface area contributed by atoms with Gasteiger partial charge in [-0.1, -0.05) is 23.2 Å². The summed E-state index contributed by atoms with van der Waals surface area (Å²) in [7, 11) is 0. The highest BCUT2D eigenvalue weighted by Crippen LogP contribution is 2.25. The molecule has 2 rings (SSSR count). The minimum absolute atomic E-state index is 0.208. The van der Waals surface area contributed by atoms with Gasteiger partial charge in [0.05, 0.1) is 10.0 Å². The second-order valence-electron chi connectivity index (χ2n) is 3.49. The number of hydrogen-bond acceptors (Lipinski definition) is 3. The summed E-state index contributed by atoms with van der Waals surface area (Å²) in [6, 6.07) is 6.49. The summed E-state index contributed by atoms with van der Waals surface area (Å²) in [4.78, 5) is 18.0. The van der Waals surface area contributed by atoms with Gasteiger partial charge in [0.2, 0.25) is 5.95 Å². The summed E-state index contributed by atoms with van der Waals surface area (Å²) in [5.74, 6) is 0.369. The van der Waals surface area contributed by atoms with Crippen molar-refractivity contribution in [3.63, 3.8) is 0 Å². The number of halogens is 2. The molecule has 1 heterocycles. The maximum atomic E-state index is 11.2. The molecule has 1 aromatic heterocycles. The summed E-state index contributed by atoms with van der Waals surface area (Å²) in [5, 5.41) is 3.86. The molecule has 6 heteroatoms. The Hall–Kier alpha value is -1.52. The largest absolute Gasteiger partial charge is 0.326 e. The SMILES string of the molecule is Cc1cc(=O)[nH]c(Nc2ccc(Cl)c(Cl)c2)n1. The molecule has 2 N–H and O–H groups in total. The number of anilines is 2. The normalized spacial score (nSPS) is 10.3. The van der Waals surface area contributed by atoms with Gasteiger partial charge in [-0.3, -0.25) is 9.78 Å². The van der Waals surface area contributed by atoms with Crippen molar-refractivity contribution in [1.29, 1.82) is 0 Å². The quantitative estimate of drug-likeness (QED) is 0.881. The van der Waals surface area contributed by atoms with Crippen LogP contribution in [0, 0.1) is 6.92 Å². The number of aryl methyl sites for hydroxylation is 1. The van der Waals surface area contributed by atoms with Crippen LogP contribution in [0.15, 0.2) is 29.1 Å². The number of nitrogens with zero attached hydrogens (tertiary/aromatic N) is 1. The van der Waals surface area contributed by atoms with Crippen LogP contribution < -0.4 is 10.9 Å². The Morgan fingerprint density at radius 1 is 1.24 bits per heavy atom. The molecule has 0 aliphatic carbocycles. The maximum absolute atomic E-state index is 11.2. The average molecular weight is 270 g/mol. The number of rotatable bonds is 2. The molecular weight excluding hydrogens is 261 g/mol. The fourth-order valence-corrected chi connectivity index (χ4v) is 1.65. The Kier molecular flexibility index (Phi) is 3.36. The molecule has 0 unspecified atom stereocenters. The van der Waals surface area contributed by atoms with E-state index >= 15 is 0 Å². The first-order chi connectivity index (χ1) is 8.04. The van der Waals surface area contributed by atoms with Gasteiger partial charge >= 0.3 is 0 Å². The van der Waals surface area contributed by atoms with Crippen molar-refractivity contribution >= 4 is 34.8 Å². The van der Waals surface area contributed by atoms with Gasteiger partial charge in [-0.15, -0.1) is 0 Å². The van der Waals surface area contributed by atoms with Gasteiger partial charge in [0, 0.05) is 17.4 Å². The third-order valence-corrected chi connectivity index (χ3v) is 2.79. The molecule has 0 amide bonds. The van der Waals surface area contributed by atoms with Crippen LogP contribution in [0.4, 0.5) is 11.6 Å². The summed E-state index contributed by atoms with van der Waals surface area (Å²) in [6.45, 7) is 1.75. The van der Waals surface area contributed by atoms with E-state index in [4.69, 9.17) is 23.2 Å². The Balaban J connectivity index is 2.31. The lowest BCUT2D eigenvalue weighted by Crippen LogP contribution is -2.10. The first-order valence-electron chi connectivity index (χ1n) is 4.84. The van der Waals surface area contributed by atoms with Crippen LogP contribution >= 0.6 is 23.2 Å². The van der Waals surface area contributed by atoms with Gasteiger partial charge in [0.1, 0.15) is 0 Å². The zero-order chi connectivity index (χ0) is 12.4. The highest BCUT2D eigenvalue weighted by atomic mass is 35.5. The molecule has 0 saturated carbocycles. The highest BCUT2D eigenvalue weighted by molar-refractivity contribution is 6.42. The second-order valence-corrected chi connectivity index (χ2v) is 4.30. The van der Waals surface area contributed by atoms with E-state index < -0.39 is 0 Å². The molecular formula is C11H9Cl2N3O. The first-order valence-corrected chi connectivity index (χ1v) is 5.60. The fraction of sp³-hybridized carbons (Fsp3) is 0.0909. The zero-order valence-electron chi connectivity index (χ0n) is 8.92. The number of H-pyrrole nitrogens is 1.